The first-order chi connectivity index (χ1) is 8.95. The predicted octanol–water partition coefficient (Wildman–Crippen LogP) is 1.87. The van der Waals surface area contributed by atoms with Crippen LogP contribution in [0.15, 0.2) is 12.1 Å². The van der Waals surface area contributed by atoms with Crippen molar-refractivity contribution in [2.45, 2.75) is 19.4 Å². The van der Waals surface area contributed by atoms with Gasteiger partial charge in [-0.05, 0) is 24.5 Å². The highest BCUT2D eigenvalue weighted by molar-refractivity contribution is 5.88. The lowest BCUT2D eigenvalue weighted by Gasteiger charge is -2.28. The third-order valence-electron chi connectivity index (χ3n) is 3.62. The summed E-state index contributed by atoms with van der Waals surface area (Å²) in [5.41, 5.74) is -0.681. The molecule has 1 saturated heterocycles. The summed E-state index contributed by atoms with van der Waals surface area (Å²) >= 11 is 0. The first-order valence-corrected chi connectivity index (χ1v) is 6.05. The highest BCUT2D eigenvalue weighted by atomic mass is 19.1. The maximum Gasteiger partial charge on any atom is 0.335 e. The molecule has 1 aromatic rings. The molecule has 0 aliphatic carbocycles. The van der Waals surface area contributed by atoms with Crippen LogP contribution in [0.25, 0.3) is 0 Å². The molecule has 1 aliphatic heterocycles. The minimum absolute atomic E-state index is 0.128. The molecule has 4 nitrogen and oxygen atoms in total. The Bertz CT molecular complexity index is 484. The van der Waals surface area contributed by atoms with Crippen LogP contribution in [-0.2, 0) is 0 Å². The Hall–Kier alpha value is -1.69. The second-order valence-corrected chi connectivity index (χ2v) is 4.80. The van der Waals surface area contributed by atoms with Gasteiger partial charge in [-0.15, -0.1) is 0 Å². The van der Waals surface area contributed by atoms with E-state index in [1.165, 1.54) is 4.90 Å². The van der Waals surface area contributed by atoms with Gasteiger partial charge in [-0.3, -0.25) is 0 Å². The molecule has 0 bridgehead atoms. The Morgan fingerprint density at radius 3 is 2.47 bits per heavy atom. The lowest BCUT2D eigenvalue weighted by atomic mass is 10.0. The molecule has 19 heavy (non-hydrogen) atoms. The number of carboxylic acids is 1. The number of halogens is 2. The Morgan fingerprint density at radius 1 is 1.42 bits per heavy atom. The molecule has 1 fully saturated rings. The van der Waals surface area contributed by atoms with Gasteiger partial charge < -0.3 is 15.1 Å². The summed E-state index contributed by atoms with van der Waals surface area (Å²) < 4.78 is 27.9. The summed E-state index contributed by atoms with van der Waals surface area (Å²) in [5, 5.41) is 18.1. The monoisotopic (exact) mass is 271 g/mol. The number of anilines is 1. The van der Waals surface area contributed by atoms with Crippen LogP contribution in [0, 0.1) is 17.6 Å². The van der Waals surface area contributed by atoms with Crippen LogP contribution >= 0.6 is 0 Å². The number of aliphatic hydroxyl groups is 1. The van der Waals surface area contributed by atoms with Crippen LogP contribution in [0.5, 0.6) is 0 Å². The highest BCUT2D eigenvalue weighted by Crippen LogP contribution is 2.33. The van der Waals surface area contributed by atoms with E-state index < -0.39 is 23.2 Å². The van der Waals surface area contributed by atoms with Gasteiger partial charge in [-0.25, -0.2) is 13.6 Å². The summed E-state index contributed by atoms with van der Waals surface area (Å²) in [7, 11) is 0. The Labute approximate surface area is 109 Å². The zero-order valence-corrected chi connectivity index (χ0v) is 10.4. The van der Waals surface area contributed by atoms with Crippen molar-refractivity contribution in [2.75, 3.05) is 18.1 Å². The zero-order chi connectivity index (χ0) is 14.2. The van der Waals surface area contributed by atoms with Crippen LogP contribution < -0.4 is 4.90 Å². The van der Waals surface area contributed by atoms with E-state index in [4.69, 9.17) is 5.11 Å². The summed E-state index contributed by atoms with van der Waals surface area (Å²) in [6.07, 6.45) is 0.727. The van der Waals surface area contributed by atoms with E-state index in [0.29, 0.717) is 6.54 Å². The molecule has 6 heteroatoms. The van der Waals surface area contributed by atoms with Crippen molar-refractivity contribution in [1.82, 2.24) is 0 Å². The van der Waals surface area contributed by atoms with Gasteiger partial charge in [0.05, 0.1) is 18.2 Å². The molecule has 0 radical (unpaired) electrons. The molecule has 0 spiro atoms. The maximum absolute atomic E-state index is 13.9. The fourth-order valence-electron chi connectivity index (χ4n) is 2.53. The van der Waals surface area contributed by atoms with Crippen molar-refractivity contribution in [3.63, 3.8) is 0 Å². The normalized spacial score (nSPS) is 22.8. The van der Waals surface area contributed by atoms with Gasteiger partial charge in [0.1, 0.15) is 17.3 Å². The Morgan fingerprint density at radius 2 is 2.00 bits per heavy atom. The Balaban J connectivity index is 2.43. The second-order valence-electron chi connectivity index (χ2n) is 4.80. The van der Waals surface area contributed by atoms with E-state index in [0.717, 1.165) is 18.6 Å². The summed E-state index contributed by atoms with van der Waals surface area (Å²) in [6.45, 7) is 2.15. The smallest absolute Gasteiger partial charge is 0.335 e. The van der Waals surface area contributed by atoms with Crippen molar-refractivity contribution in [3.8, 4) is 0 Å². The molecule has 1 heterocycles. The number of nitrogens with zero attached hydrogens (tertiary/aromatic N) is 1. The minimum Gasteiger partial charge on any atom is -0.478 e. The van der Waals surface area contributed by atoms with Gasteiger partial charge in [0, 0.05) is 6.54 Å². The third kappa shape index (κ3) is 2.40. The molecule has 104 valence electrons. The largest absolute Gasteiger partial charge is 0.478 e. The number of aromatic carboxylic acids is 1. The van der Waals surface area contributed by atoms with Crippen LogP contribution in [-0.4, -0.2) is 35.4 Å². The van der Waals surface area contributed by atoms with E-state index in [-0.39, 0.29) is 24.3 Å². The minimum atomic E-state index is -1.38. The van der Waals surface area contributed by atoms with E-state index >= 15 is 0 Å². The number of benzene rings is 1. The van der Waals surface area contributed by atoms with Crippen molar-refractivity contribution in [2.24, 2.45) is 5.92 Å². The van der Waals surface area contributed by atoms with Crippen LogP contribution in [0.2, 0.25) is 0 Å². The SMILES string of the molecule is CC1CCN(c2c(F)cc(C(=O)O)cc2F)C1CO. The topological polar surface area (TPSA) is 60.8 Å². The first-order valence-electron chi connectivity index (χ1n) is 6.05. The number of aliphatic hydroxyl groups excluding tert-OH is 1. The molecular formula is C13H15F2NO3. The molecule has 0 amide bonds. The molecular weight excluding hydrogens is 256 g/mol. The van der Waals surface area contributed by atoms with Crippen molar-refractivity contribution in [1.29, 1.82) is 0 Å². The molecule has 2 atom stereocenters. The lowest BCUT2D eigenvalue weighted by Crippen LogP contribution is -2.36. The van der Waals surface area contributed by atoms with Gasteiger partial charge in [-0.2, -0.15) is 0 Å². The van der Waals surface area contributed by atoms with Crippen molar-refractivity contribution in [3.05, 3.63) is 29.3 Å². The summed E-state index contributed by atoms with van der Waals surface area (Å²) in [6, 6.07) is 1.26. The third-order valence-corrected chi connectivity index (χ3v) is 3.62. The molecule has 1 aromatic carbocycles. The summed E-state index contributed by atoms with van der Waals surface area (Å²) in [5.74, 6) is -3.07. The van der Waals surface area contributed by atoms with Crippen LogP contribution in [0.3, 0.4) is 0 Å². The van der Waals surface area contributed by atoms with Gasteiger partial charge in [0.25, 0.3) is 0 Å². The molecule has 0 aromatic heterocycles. The van der Waals surface area contributed by atoms with Gasteiger partial charge in [0.2, 0.25) is 0 Å². The lowest BCUT2D eigenvalue weighted by molar-refractivity contribution is 0.0695. The van der Waals surface area contributed by atoms with E-state index in [1.54, 1.807) is 0 Å². The fourth-order valence-corrected chi connectivity index (χ4v) is 2.53. The van der Waals surface area contributed by atoms with E-state index in [2.05, 4.69) is 0 Å². The van der Waals surface area contributed by atoms with E-state index in [9.17, 15) is 18.7 Å². The second kappa shape index (κ2) is 5.13. The van der Waals surface area contributed by atoms with Crippen molar-refractivity contribution < 1.29 is 23.8 Å². The van der Waals surface area contributed by atoms with Gasteiger partial charge >= 0.3 is 5.97 Å². The number of carbonyl (C=O) groups is 1. The van der Waals surface area contributed by atoms with Crippen LogP contribution in [0.4, 0.5) is 14.5 Å². The molecule has 0 saturated carbocycles. The quantitative estimate of drug-likeness (QED) is 0.881. The fraction of sp³-hybridized carbons (Fsp3) is 0.462. The average Bonchev–Trinajstić information content (AvgIpc) is 2.69. The van der Waals surface area contributed by atoms with Gasteiger partial charge in [-0.1, -0.05) is 6.92 Å². The van der Waals surface area contributed by atoms with E-state index in [1.807, 2.05) is 6.92 Å². The molecule has 2 rings (SSSR count). The van der Waals surface area contributed by atoms with Gasteiger partial charge in [0.15, 0.2) is 0 Å². The first kappa shape index (κ1) is 13.7. The molecule has 2 N–H and O–H groups in total. The number of hydrogen-bond donors (Lipinski definition) is 2. The standard InChI is InChI=1S/C13H15F2NO3/c1-7-2-3-16(11(7)6-17)12-9(14)4-8(13(18)19)5-10(12)15/h4-5,7,11,17H,2-3,6H2,1H3,(H,18,19). The number of rotatable bonds is 3. The van der Waals surface area contributed by atoms with Crippen LogP contribution in [0.1, 0.15) is 23.7 Å². The predicted molar refractivity (Wildman–Crippen MR) is 65.3 cm³/mol. The Kier molecular flexibility index (Phi) is 3.71. The number of hydrogen-bond acceptors (Lipinski definition) is 3. The average molecular weight is 271 g/mol. The molecule has 1 aliphatic rings. The molecule has 2 unspecified atom stereocenters. The zero-order valence-electron chi connectivity index (χ0n) is 10.4. The maximum atomic E-state index is 13.9. The van der Waals surface area contributed by atoms with Crippen molar-refractivity contribution >= 4 is 11.7 Å². The number of carboxylic acid groups (broad SMARTS) is 1. The summed E-state index contributed by atoms with van der Waals surface area (Å²) in [4.78, 5) is 12.2. The highest BCUT2D eigenvalue weighted by Gasteiger charge is 2.34.